The van der Waals surface area contributed by atoms with E-state index in [1.54, 1.807) is 0 Å². The summed E-state index contributed by atoms with van der Waals surface area (Å²) in [5.74, 6) is 0. The van der Waals surface area contributed by atoms with Gasteiger partial charge in [-0.1, -0.05) is 6.92 Å². The molecule has 0 bridgehead atoms. The first-order valence-electron chi connectivity index (χ1n) is 3.14. The molecule has 2 N–H and O–H groups in total. The van der Waals surface area contributed by atoms with Gasteiger partial charge in [-0.3, -0.25) is 5.73 Å². The van der Waals surface area contributed by atoms with Crippen LogP contribution in [0.5, 0.6) is 0 Å². The van der Waals surface area contributed by atoms with Gasteiger partial charge in [0.2, 0.25) is 0 Å². The largest absolute Gasteiger partial charge is 1.00 e. The zero-order valence-corrected chi connectivity index (χ0v) is 7.28. The van der Waals surface area contributed by atoms with Crippen LogP contribution in [0, 0.1) is 0 Å². The van der Waals surface area contributed by atoms with Crippen LogP contribution in [0.4, 0.5) is 0 Å². The lowest BCUT2D eigenvalue weighted by atomic mass is 10.4. The van der Waals surface area contributed by atoms with Crippen LogP contribution >= 0.6 is 0 Å². The Morgan fingerprint density at radius 2 is 1.78 bits per heavy atom. The van der Waals surface area contributed by atoms with E-state index in [9.17, 15) is 0 Å². The summed E-state index contributed by atoms with van der Waals surface area (Å²) in [6.45, 7) is 4.10. The van der Waals surface area contributed by atoms with E-state index in [-0.39, 0.29) is 12.4 Å². The van der Waals surface area contributed by atoms with E-state index >= 15 is 0 Å². The predicted molar refractivity (Wildman–Crippen MR) is 36.3 cm³/mol. The van der Waals surface area contributed by atoms with E-state index in [1.165, 1.54) is 13.0 Å². The molecule has 0 aromatic heterocycles. The Hall–Kier alpha value is 0.210. The van der Waals surface area contributed by atoms with Crippen molar-refractivity contribution < 1.29 is 16.9 Å². The van der Waals surface area contributed by atoms with Crippen molar-refractivity contribution in [1.82, 2.24) is 0 Å². The van der Waals surface area contributed by atoms with Crippen molar-refractivity contribution in [3.05, 3.63) is 0 Å². The molecule has 58 valence electrons. The lowest BCUT2D eigenvalue weighted by Gasteiger charge is -2.26. The van der Waals surface area contributed by atoms with Crippen molar-refractivity contribution >= 4 is 0 Å². The summed E-state index contributed by atoms with van der Waals surface area (Å²) in [4.78, 5) is 0. The van der Waals surface area contributed by atoms with E-state index < -0.39 is 0 Å². The van der Waals surface area contributed by atoms with Gasteiger partial charge in [0.1, 0.15) is 6.67 Å². The minimum absolute atomic E-state index is 0. The molecule has 0 radical (unpaired) electrons. The molecule has 0 unspecified atom stereocenters. The highest BCUT2D eigenvalue weighted by atomic mass is 35.5. The maximum Gasteiger partial charge on any atom is 0.129 e. The van der Waals surface area contributed by atoms with Crippen LogP contribution < -0.4 is 18.1 Å². The van der Waals surface area contributed by atoms with Crippen LogP contribution in [-0.4, -0.2) is 31.8 Å². The Labute approximate surface area is 64.0 Å². The molecule has 0 amide bonds. The monoisotopic (exact) mass is 152 g/mol. The van der Waals surface area contributed by atoms with Crippen LogP contribution in [0.15, 0.2) is 0 Å². The maximum atomic E-state index is 5.46. The lowest BCUT2D eigenvalue weighted by Crippen LogP contribution is -3.00. The molecule has 0 saturated carbocycles. The Bertz CT molecular complexity index is 64.1. The summed E-state index contributed by atoms with van der Waals surface area (Å²) < 4.78 is 0.941. The maximum absolute atomic E-state index is 5.46. The van der Waals surface area contributed by atoms with Crippen LogP contribution in [0.25, 0.3) is 0 Å². The molecule has 0 rings (SSSR count). The number of halogens is 1. The highest BCUT2D eigenvalue weighted by Crippen LogP contribution is 1.93. The lowest BCUT2D eigenvalue weighted by molar-refractivity contribution is -0.890. The van der Waals surface area contributed by atoms with Gasteiger partial charge in [0, 0.05) is 0 Å². The molecule has 0 atom stereocenters. The van der Waals surface area contributed by atoms with Crippen LogP contribution in [0.3, 0.4) is 0 Å². The van der Waals surface area contributed by atoms with Crippen molar-refractivity contribution in [2.24, 2.45) is 5.73 Å². The number of hydrogen-bond donors (Lipinski definition) is 1. The molecule has 0 aliphatic carbocycles. The van der Waals surface area contributed by atoms with Crippen molar-refractivity contribution in [2.45, 2.75) is 13.3 Å². The second-order valence-electron chi connectivity index (χ2n) is 2.84. The predicted octanol–water partition coefficient (Wildman–Crippen LogP) is -2.61. The third kappa shape index (κ3) is 6.09. The first kappa shape index (κ1) is 11.9. The normalized spacial score (nSPS) is 10.7. The number of quaternary nitrogens is 1. The average molecular weight is 153 g/mol. The van der Waals surface area contributed by atoms with E-state index in [2.05, 4.69) is 21.0 Å². The molecule has 0 aromatic carbocycles. The molecule has 2 nitrogen and oxygen atoms in total. The Morgan fingerprint density at radius 1 is 1.33 bits per heavy atom. The molecular weight excluding hydrogens is 136 g/mol. The van der Waals surface area contributed by atoms with Crippen molar-refractivity contribution in [3.63, 3.8) is 0 Å². The summed E-state index contributed by atoms with van der Waals surface area (Å²) in [6, 6.07) is 0. The van der Waals surface area contributed by atoms with Gasteiger partial charge in [-0.25, -0.2) is 0 Å². The first-order valence-corrected chi connectivity index (χ1v) is 3.14. The quantitative estimate of drug-likeness (QED) is 0.348. The molecular formula is C6H17ClN2. The fourth-order valence-corrected chi connectivity index (χ4v) is 0.697. The fraction of sp³-hybridized carbons (Fsp3) is 1.00. The van der Waals surface area contributed by atoms with Crippen molar-refractivity contribution in [3.8, 4) is 0 Å². The Morgan fingerprint density at radius 3 is 1.89 bits per heavy atom. The summed E-state index contributed by atoms with van der Waals surface area (Å²) in [5.41, 5.74) is 5.46. The molecule has 0 fully saturated rings. The van der Waals surface area contributed by atoms with Gasteiger partial charge in [-0.15, -0.1) is 0 Å². The van der Waals surface area contributed by atoms with Gasteiger partial charge in [0.25, 0.3) is 0 Å². The zero-order valence-electron chi connectivity index (χ0n) is 6.52. The Kier molecular flexibility index (Phi) is 6.68. The smallest absolute Gasteiger partial charge is 0.129 e. The minimum Gasteiger partial charge on any atom is -1.00 e. The summed E-state index contributed by atoms with van der Waals surface area (Å²) in [6.07, 6.45) is 1.21. The number of nitrogens with zero attached hydrogens (tertiary/aromatic N) is 1. The number of hydrogen-bond acceptors (Lipinski definition) is 1. The molecule has 0 saturated heterocycles. The second-order valence-corrected chi connectivity index (χ2v) is 2.84. The zero-order chi connectivity index (χ0) is 6.62. The van der Waals surface area contributed by atoms with Crippen LogP contribution in [-0.2, 0) is 0 Å². The molecule has 0 aliphatic heterocycles. The molecule has 9 heavy (non-hydrogen) atoms. The van der Waals surface area contributed by atoms with E-state index in [0.29, 0.717) is 0 Å². The second kappa shape index (κ2) is 5.03. The van der Waals surface area contributed by atoms with Crippen molar-refractivity contribution in [2.75, 3.05) is 27.3 Å². The van der Waals surface area contributed by atoms with Gasteiger partial charge in [0.05, 0.1) is 20.6 Å². The van der Waals surface area contributed by atoms with E-state index in [1.807, 2.05) is 0 Å². The topological polar surface area (TPSA) is 26.0 Å². The number of nitrogens with two attached hydrogens (primary N) is 1. The van der Waals surface area contributed by atoms with Gasteiger partial charge in [-0.05, 0) is 6.42 Å². The fourth-order valence-electron chi connectivity index (χ4n) is 0.697. The van der Waals surface area contributed by atoms with Crippen molar-refractivity contribution in [1.29, 1.82) is 0 Å². The molecule has 0 spiro atoms. The average Bonchev–Trinajstić information content (AvgIpc) is 1.67. The molecule has 0 aliphatic rings. The summed E-state index contributed by atoms with van der Waals surface area (Å²) in [7, 11) is 4.28. The highest BCUT2D eigenvalue weighted by Gasteiger charge is 2.07. The summed E-state index contributed by atoms with van der Waals surface area (Å²) in [5, 5.41) is 0. The van der Waals surface area contributed by atoms with Gasteiger partial charge >= 0.3 is 0 Å². The molecule has 3 heteroatoms. The first-order chi connectivity index (χ1) is 3.62. The third-order valence-corrected chi connectivity index (χ3v) is 1.32. The van der Waals surface area contributed by atoms with Gasteiger partial charge in [-0.2, -0.15) is 0 Å². The van der Waals surface area contributed by atoms with E-state index in [4.69, 9.17) is 5.73 Å². The minimum atomic E-state index is 0. The SMILES string of the molecule is CCC[N+](C)(C)CN.[Cl-]. The van der Waals surface area contributed by atoms with Crippen LogP contribution in [0.2, 0.25) is 0 Å². The summed E-state index contributed by atoms with van der Waals surface area (Å²) >= 11 is 0. The highest BCUT2D eigenvalue weighted by molar-refractivity contribution is 4.24. The number of rotatable bonds is 3. The third-order valence-electron chi connectivity index (χ3n) is 1.32. The van der Waals surface area contributed by atoms with Gasteiger partial charge in [0.15, 0.2) is 0 Å². The standard InChI is InChI=1S/C6H17N2.ClH/c1-4-5-8(2,3)6-7;/h4-7H2,1-3H3;1H/q+1;/p-1. The van der Waals surface area contributed by atoms with Crippen LogP contribution in [0.1, 0.15) is 13.3 Å². The Balaban J connectivity index is 0. The van der Waals surface area contributed by atoms with E-state index in [0.717, 1.165) is 11.2 Å². The van der Waals surface area contributed by atoms with Gasteiger partial charge < -0.3 is 16.9 Å². The molecule has 0 aromatic rings. The molecule has 0 heterocycles.